The maximum Gasteiger partial charge on any atom is 0.258 e. The highest BCUT2D eigenvalue weighted by Crippen LogP contribution is 2.25. The van der Waals surface area contributed by atoms with Gasteiger partial charge < -0.3 is 14.9 Å². The Labute approximate surface area is 134 Å². The zero-order chi connectivity index (χ0) is 16.2. The Morgan fingerprint density at radius 1 is 1.30 bits per heavy atom. The van der Waals surface area contributed by atoms with Crippen LogP contribution in [-0.2, 0) is 0 Å². The van der Waals surface area contributed by atoms with Gasteiger partial charge in [-0.25, -0.2) is 0 Å². The summed E-state index contributed by atoms with van der Waals surface area (Å²) in [5.74, 6) is 1.15. The summed E-state index contributed by atoms with van der Waals surface area (Å²) in [5.41, 5.74) is 1.19. The number of benzene rings is 1. The Bertz CT molecular complexity index is 675. The standard InChI is InChI=1S/C17H21N3O3/c1-11-18-17(23-20-11)15-5-3-2-4-14(15)16(22)19-13-8-6-12(10-21)7-9-13/h2-5,12-13,21H,6-10H2,1H3,(H,19,22). The molecular formula is C17H21N3O3. The van der Waals surface area contributed by atoms with Crippen molar-refractivity contribution < 1.29 is 14.4 Å². The quantitative estimate of drug-likeness (QED) is 0.904. The fourth-order valence-corrected chi connectivity index (χ4v) is 3.03. The number of aliphatic hydroxyl groups excluding tert-OH is 1. The van der Waals surface area contributed by atoms with Gasteiger partial charge in [-0.2, -0.15) is 4.98 Å². The number of nitrogens with one attached hydrogen (secondary N) is 1. The van der Waals surface area contributed by atoms with Crippen LogP contribution in [0.5, 0.6) is 0 Å². The first-order chi connectivity index (χ1) is 11.2. The molecule has 3 rings (SSSR count). The van der Waals surface area contributed by atoms with Crippen molar-refractivity contribution in [1.29, 1.82) is 0 Å². The van der Waals surface area contributed by atoms with Gasteiger partial charge >= 0.3 is 0 Å². The number of carbonyl (C=O) groups excluding carboxylic acids is 1. The largest absolute Gasteiger partial charge is 0.396 e. The maximum absolute atomic E-state index is 12.6. The molecule has 0 saturated heterocycles. The van der Waals surface area contributed by atoms with Crippen molar-refractivity contribution in [1.82, 2.24) is 15.5 Å². The molecule has 23 heavy (non-hydrogen) atoms. The molecule has 1 heterocycles. The molecule has 122 valence electrons. The molecule has 6 nitrogen and oxygen atoms in total. The first kappa shape index (κ1) is 15.7. The van der Waals surface area contributed by atoms with Gasteiger partial charge in [0.15, 0.2) is 5.82 Å². The third-order valence-electron chi connectivity index (χ3n) is 4.37. The highest BCUT2D eigenvalue weighted by molar-refractivity contribution is 6.00. The molecule has 0 unspecified atom stereocenters. The second-order valence-electron chi connectivity index (χ2n) is 6.07. The molecule has 1 aliphatic carbocycles. The SMILES string of the molecule is Cc1noc(-c2ccccc2C(=O)NC2CCC(CO)CC2)n1. The molecular weight excluding hydrogens is 294 g/mol. The molecule has 6 heteroatoms. The number of aliphatic hydroxyl groups is 1. The number of hydrogen-bond acceptors (Lipinski definition) is 5. The van der Waals surface area contributed by atoms with Gasteiger partial charge in [-0.05, 0) is 50.7 Å². The number of carbonyl (C=O) groups is 1. The van der Waals surface area contributed by atoms with Gasteiger partial charge in [0.05, 0.1) is 11.1 Å². The third-order valence-corrected chi connectivity index (χ3v) is 4.37. The molecule has 2 aromatic rings. The van der Waals surface area contributed by atoms with Gasteiger partial charge in [0.25, 0.3) is 11.8 Å². The van der Waals surface area contributed by atoms with Gasteiger partial charge in [-0.3, -0.25) is 4.79 Å². The van der Waals surface area contributed by atoms with E-state index in [-0.39, 0.29) is 18.6 Å². The number of aryl methyl sites for hydroxylation is 1. The second kappa shape index (κ2) is 6.91. The van der Waals surface area contributed by atoms with Crippen LogP contribution < -0.4 is 5.32 Å². The van der Waals surface area contributed by atoms with E-state index in [4.69, 9.17) is 4.52 Å². The Hall–Kier alpha value is -2.21. The van der Waals surface area contributed by atoms with Crippen molar-refractivity contribution in [3.8, 4) is 11.5 Å². The van der Waals surface area contributed by atoms with Gasteiger partial charge in [-0.15, -0.1) is 0 Å². The molecule has 2 N–H and O–H groups in total. The average molecular weight is 315 g/mol. The lowest BCUT2D eigenvalue weighted by Crippen LogP contribution is -2.38. The van der Waals surface area contributed by atoms with Gasteiger partial charge in [0.1, 0.15) is 0 Å². The normalized spacial score (nSPS) is 21.1. The predicted octanol–water partition coefficient (Wildman–Crippen LogP) is 2.33. The topological polar surface area (TPSA) is 88.2 Å². The van der Waals surface area contributed by atoms with Crippen molar-refractivity contribution in [2.24, 2.45) is 5.92 Å². The molecule has 1 fully saturated rings. The Morgan fingerprint density at radius 3 is 2.70 bits per heavy atom. The fourth-order valence-electron chi connectivity index (χ4n) is 3.03. The highest BCUT2D eigenvalue weighted by Gasteiger charge is 2.24. The lowest BCUT2D eigenvalue weighted by atomic mass is 9.86. The van der Waals surface area contributed by atoms with E-state index >= 15 is 0 Å². The third kappa shape index (κ3) is 3.59. The molecule has 1 saturated carbocycles. The Morgan fingerprint density at radius 2 is 2.04 bits per heavy atom. The molecule has 0 radical (unpaired) electrons. The van der Waals surface area contributed by atoms with Crippen LogP contribution in [0, 0.1) is 12.8 Å². The van der Waals surface area contributed by atoms with E-state index in [9.17, 15) is 9.90 Å². The Kier molecular flexibility index (Phi) is 4.71. The summed E-state index contributed by atoms with van der Waals surface area (Å²) in [7, 11) is 0. The van der Waals surface area contributed by atoms with E-state index in [2.05, 4.69) is 15.5 Å². The number of amides is 1. The van der Waals surface area contributed by atoms with Gasteiger partial charge in [0.2, 0.25) is 0 Å². The number of hydrogen-bond donors (Lipinski definition) is 2. The van der Waals surface area contributed by atoms with E-state index < -0.39 is 0 Å². The summed E-state index contributed by atoms with van der Waals surface area (Å²) < 4.78 is 5.19. The number of nitrogens with zero attached hydrogens (tertiary/aromatic N) is 2. The smallest absolute Gasteiger partial charge is 0.258 e. The predicted molar refractivity (Wildman–Crippen MR) is 84.8 cm³/mol. The highest BCUT2D eigenvalue weighted by atomic mass is 16.5. The fraction of sp³-hybridized carbons (Fsp3) is 0.471. The summed E-state index contributed by atoms with van der Waals surface area (Å²) in [4.78, 5) is 16.8. The average Bonchev–Trinajstić information content (AvgIpc) is 3.02. The Balaban J connectivity index is 1.73. The van der Waals surface area contributed by atoms with Crippen LogP contribution in [0.25, 0.3) is 11.5 Å². The van der Waals surface area contributed by atoms with Crippen molar-refractivity contribution in [2.45, 2.75) is 38.6 Å². The van der Waals surface area contributed by atoms with Crippen molar-refractivity contribution in [2.75, 3.05) is 6.61 Å². The summed E-state index contributed by atoms with van der Waals surface area (Å²) in [6.45, 7) is 1.98. The zero-order valence-corrected chi connectivity index (χ0v) is 13.2. The molecule has 0 bridgehead atoms. The molecule has 0 spiro atoms. The minimum atomic E-state index is -0.121. The molecule has 0 atom stereocenters. The van der Waals surface area contributed by atoms with Crippen LogP contribution in [0.2, 0.25) is 0 Å². The molecule has 1 aromatic heterocycles. The summed E-state index contributed by atoms with van der Waals surface area (Å²) in [6.07, 6.45) is 3.70. The number of aromatic nitrogens is 2. The molecule has 0 aliphatic heterocycles. The van der Waals surface area contributed by atoms with Crippen molar-refractivity contribution >= 4 is 5.91 Å². The van der Waals surface area contributed by atoms with E-state index in [0.29, 0.717) is 28.8 Å². The first-order valence-electron chi connectivity index (χ1n) is 7.99. The molecule has 1 aromatic carbocycles. The lowest BCUT2D eigenvalue weighted by Gasteiger charge is -2.28. The van der Waals surface area contributed by atoms with Gasteiger partial charge in [-0.1, -0.05) is 17.3 Å². The maximum atomic E-state index is 12.6. The summed E-state index contributed by atoms with van der Waals surface area (Å²) in [5, 5.41) is 16.1. The van der Waals surface area contributed by atoms with Crippen LogP contribution in [0.4, 0.5) is 0 Å². The minimum absolute atomic E-state index is 0.121. The van der Waals surface area contributed by atoms with Crippen molar-refractivity contribution in [3.05, 3.63) is 35.7 Å². The van der Waals surface area contributed by atoms with Crippen LogP contribution in [0.1, 0.15) is 41.9 Å². The zero-order valence-electron chi connectivity index (χ0n) is 13.2. The monoisotopic (exact) mass is 315 g/mol. The molecule has 1 aliphatic rings. The molecule has 1 amide bonds. The van der Waals surface area contributed by atoms with Crippen LogP contribution >= 0.6 is 0 Å². The summed E-state index contributed by atoms with van der Waals surface area (Å²) >= 11 is 0. The van der Waals surface area contributed by atoms with E-state index in [1.165, 1.54) is 0 Å². The lowest BCUT2D eigenvalue weighted by molar-refractivity contribution is 0.0914. The van der Waals surface area contributed by atoms with Gasteiger partial charge in [0, 0.05) is 12.6 Å². The van der Waals surface area contributed by atoms with Crippen LogP contribution in [-0.4, -0.2) is 33.8 Å². The summed E-state index contributed by atoms with van der Waals surface area (Å²) in [6, 6.07) is 7.40. The van der Waals surface area contributed by atoms with Crippen LogP contribution in [0.15, 0.2) is 28.8 Å². The first-order valence-corrected chi connectivity index (χ1v) is 7.99. The minimum Gasteiger partial charge on any atom is -0.396 e. The van der Waals surface area contributed by atoms with E-state index in [1.54, 1.807) is 13.0 Å². The van der Waals surface area contributed by atoms with E-state index in [1.807, 2.05) is 18.2 Å². The van der Waals surface area contributed by atoms with Crippen LogP contribution in [0.3, 0.4) is 0 Å². The van der Waals surface area contributed by atoms with E-state index in [0.717, 1.165) is 25.7 Å². The second-order valence-corrected chi connectivity index (χ2v) is 6.07. The van der Waals surface area contributed by atoms with Crippen molar-refractivity contribution in [3.63, 3.8) is 0 Å². The number of rotatable bonds is 4.